The fourth-order valence-corrected chi connectivity index (χ4v) is 4.03. The Morgan fingerprint density at radius 1 is 1.00 bits per heavy atom. The lowest BCUT2D eigenvalue weighted by Gasteiger charge is -2.33. The van der Waals surface area contributed by atoms with E-state index in [-0.39, 0.29) is 24.3 Å². The SMILES string of the molecule is Cc1ccc(OCC(=O)N2CCC(C(=O)N3CCc4ccccc43)CC2)cc1. The van der Waals surface area contributed by atoms with Gasteiger partial charge in [-0.25, -0.2) is 0 Å². The summed E-state index contributed by atoms with van der Waals surface area (Å²) in [5.74, 6) is 0.885. The predicted octanol–water partition coefficient (Wildman–Crippen LogP) is 3.20. The summed E-state index contributed by atoms with van der Waals surface area (Å²) in [5.41, 5.74) is 3.46. The van der Waals surface area contributed by atoms with E-state index in [9.17, 15) is 9.59 Å². The van der Waals surface area contributed by atoms with Crippen LogP contribution in [0.1, 0.15) is 24.0 Å². The Kier molecular flexibility index (Phi) is 5.33. The third-order valence-corrected chi connectivity index (χ3v) is 5.73. The molecule has 5 nitrogen and oxygen atoms in total. The van der Waals surface area contributed by atoms with E-state index in [4.69, 9.17) is 4.74 Å². The second kappa shape index (κ2) is 8.05. The molecule has 0 aromatic heterocycles. The summed E-state index contributed by atoms with van der Waals surface area (Å²) >= 11 is 0. The summed E-state index contributed by atoms with van der Waals surface area (Å²) in [7, 11) is 0. The fourth-order valence-electron chi connectivity index (χ4n) is 4.03. The summed E-state index contributed by atoms with van der Waals surface area (Å²) in [6.45, 7) is 4.05. The van der Waals surface area contributed by atoms with Gasteiger partial charge in [-0.3, -0.25) is 9.59 Å². The molecule has 0 radical (unpaired) electrons. The van der Waals surface area contributed by atoms with E-state index in [1.165, 1.54) is 5.56 Å². The van der Waals surface area contributed by atoms with Crippen LogP contribution in [0.15, 0.2) is 48.5 Å². The number of likely N-dealkylation sites (tertiary alicyclic amines) is 1. The molecule has 2 aliphatic heterocycles. The average Bonchev–Trinajstić information content (AvgIpc) is 3.17. The number of anilines is 1. The molecule has 2 amide bonds. The Hall–Kier alpha value is -2.82. The van der Waals surface area contributed by atoms with Crippen LogP contribution in [0, 0.1) is 12.8 Å². The van der Waals surface area contributed by atoms with Crippen LogP contribution in [0.25, 0.3) is 0 Å². The van der Waals surface area contributed by atoms with Crippen molar-refractivity contribution in [1.29, 1.82) is 0 Å². The molecule has 0 atom stereocenters. The van der Waals surface area contributed by atoms with Gasteiger partial charge in [-0.1, -0.05) is 35.9 Å². The van der Waals surface area contributed by atoms with E-state index in [1.807, 2.05) is 59.2 Å². The number of fused-ring (bicyclic) bond motifs is 1. The van der Waals surface area contributed by atoms with Crippen molar-refractivity contribution in [3.05, 3.63) is 59.7 Å². The molecule has 146 valence electrons. The van der Waals surface area contributed by atoms with Crippen LogP contribution in [-0.2, 0) is 16.0 Å². The fraction of sp³-hybridized carbons (Fsp3) is 0.391. The molecule has 1 fully saturated rings. The topological polar surface area (TPSA) is 49.9 Å². The molecule has 0 N–H and O–H groups in total. The quantitative estimate of drug-likeness (QED) is 0.821. The number of piperidine rings is 1. The predicted molar refractivity (Wildman–Crippen MR) is 108 cm³/mol. The molecule has 0 bridgehead atoms. The van der Waals surface area contributed by atoms with Gasteiger partial charge in [0.25, 0.3) is 5.91 Å². The first kappa shape index (κ1) is 18.5. The smallest absolute Gasteiger partial charge is 0.260 e. The minimum atomic E-state index is -0.0157. The molecule has 4 rings (SSSR count). The van der Waals surface area contributed by atoms with E-state index >= 15 is 0 Å². The standard InChI is InChI=1S/C23H26N2O3/c1-17-6-8-20(9-7-17)28-16-22(26)24-13-10-19(11-14-24)23(27)25-15-12-18-4-2-3-5-21(18)25/h2-9,19H,10-16H2,1H3. The van der Waals surface area contributed by atoms with E-state index in [0.717, 1.165) is 24.2 Å². The van der Waals surface area contributed by atoms with Crippen LogP contribution in [0.2, 0.25) is 0 Å². The van der Waals surface area contributed by atoms with Gasteiger partial charge >= 0.3 is 0 Å². The lowest BCUT2D eigenvalue weighted by Crippen LogP contribution is -2.45. The van der Waals surface area contributed by atoms with Crippen molar-refractivity contribution < 1.29 is 14.3 Å². The lowest BCUT2D eigenvalue weighted by atomic mass is 9.95. The van der Waals surface area contributed by atoms with Crippen molar-refractivity contribution in [2.75, 3.05) is 31.1 Å². The molecule has 2 heterocycles. The number of carbonyl (C=O) groups is 2. The summed E-state index contributed by atoms with van der Waals surface area (Å²) < 4.78 is 5.60. The number of hydrogen-bond acceptors (Lipinski definition) is 3. The van der Waals surface area contributed by atoms with E-state index in [2.05, 4.69) is 6.07 Å². The largest absolute Gasteiger partial charge is 0.484 e. The van der Waals surface area contributed by atoms with Crippen LogP contribution >= 0.6 is 0 Å². The van der Waals surface area contributed by atoms with Gasteiger partial charge in [0.2, 0.25) is 5.91 Å². The van der Waals surface area contributed by atoms with Crippen molar-refractivity contribution >= 4 is 17.5 Å². The number of benzene rings is 2. The highest BCUT2D eigenvalue weighted by Gasteiger charge is 2.33. The van der Waals surface area contributed by atoms with Crippen molar-refractivity contribution in [2.24, 2.45) is 5.92 Å². The van der Waals surface area contributed by atoms with Gasteiger partial charge in [0.15, 0.2) is 6.61 Å². The molecule has 0 unspecified atom stereocenters. The number of nitrogens with zero attached hydrogens (tertiary/aromatic N) is 2. The van der Waals surface area contributed by atoms with Crippen LogP contribution in [0.4, 0.5) is 5.69 Å². The first-order valence-corrected chi connectivity index (χ1v) is 9.98. The van der Waals surface area contributed by atoms with Crippen molar-refractivity contribution in [3.63, 3.8) is 0 Å². The zero-order chi connectivity index (χ0) is 19.5. The first-order valence-electron chi connectivity index (χ1n) is 9.98. The highest BCUT2D eigenvalue weighted by Crippen LogP contribution is 2.31. The maximum absolute atomic E-state index is 13.0. The summed E-state index contributed by atoms with van der Waals surface area (Å²) in [6.07, 6.45) is 2.36. The summed E-state index contributed by atoms with van der Waals surface area (Å²) in [5, 5.41) is 0. The molecule has 0 aliphatic carbocycles. The molecule has 2 aromatic carbocycles. The summed E-state index contributed by atoms with van der Waals surface area (Å²) in [6, 6.07) is 15.8. The Morgan fingerprint density at radius 2 is 1.71 bits per heavy atom. The zero-order valence-corrected chi connectivity index (χ0v) is 16.3. The van der Waals surface area contributed by atoms with Crippen molar-refractivity contribution in [1.82, 2.24) is 4.90 Å². The number of aryl methyl sites for hydroxylation is 1. The van der Waals surface area contributed by atoms with Crippen LogP contribution in [0.5, 0.6) is 5.75 Å². The molecule has 28 heavy (non-hydrogen) atoms. The van der Waals surface area contributed by atoms with Crippen LogP contribution in [-0.4, -0.2) is 43.0 Å². The number of amides is 2. The van der Waals surface area contributed by atoms with Gasteiger partial charge in [0, 0.05) is 31.2 Å². The van der Waals surface area contributed by atoms with E-state index in [1.54, 1.807) is 0 Å². The normalized spacial score (nSPS) is 16.8. The Bertz CT molecular complexity index is 854. The van der Waals surface area contributed by atoms with Gasteiger partial charge in [-0.2, -0.15) is 0 Å². The number of hydrogen-bond donors (Lipinski definition) is 0. The maximum atomic E-state index is 13.0. The number of rotatable bonds is 4. The highest BCUT2D eigenvalue weighted by atomic mass is 16.5. The second-order valence-electron chi connectivity index (χ2n) is 7.63. The first-order chi connectivity index (χ1) is 13.6. The molecule has 0 saturated carbocycles. The maximum Gasteiger partial charge on any atom is 0.260 e. The van der Waals surface area contributed by atoms with Gasteiger partial charge in [-0.15, -0.1) is 0 Å². The van der Waals surface area contributed by atoms with E-state index < -0.39 is 0 Å². The molecule has 1 saturated heterocycles. The average molecular weight is 378 g/mol. The highest BCUT2D eigenvalue weighted by molar-refractivity contribution is 5.97. The number of carbonyl (C=O) groups excluding carboxylic acids is 2. The molecule has 2 aliphatic rings. The molecule has 0 spiro atoms. The Balaban J connectivity index is 1.28. The van der Waals surface area contributed by atoms with Crippen LogP contribution in [0.3, 0.4) is 0 Å². The minimum absolute atomic E-state index is 0.00627. The third kappa shape index (κ3) is 3.88. The molecular formula is C23H26N2O3. The summed E-state index contributed by atoms with van der Waals surface area (Å²) in [4.78, 5) is 29.2. The third-order valence-electron chi connectivity index (χ3n) is 5.73. The van der Waals surface area contributed by atoms with Crippen LogP contribution < -0.4 is 9.64 Å². The van der Waals surface area contributed by atoms with Gasteiger partial charge < -0.3 is 14.5 Å². The monoisotopic (exact) mass is 378 g/mol. The Labute approximate surface area is 165 Å². The number of ether oxygens (including phenoxy) is 1. The molecule has 2 aromatic rings. The molecule has 5 heteroatoms. The zero-order valence-electron chi connectivity index (χ0n) is 16.3. The van der Waals surface area contributed by atoms with Gasteiger partial charge in [-0.05, 0) is 49.9 Å². The molecular weight excluding hydrogens is 352 g/mol. The van der Waals surface area contributed by atoms with Gasteiger partial charge in [0.1, 0.15) is 5.75 Å². The number of para-hydroxylation sites is 1. The van der Waals surface area contributed by atoms with Crippen molar-refractivity contribution in [3.8, 4) is 5.75 Å². The minimum Gasteiger partial charge on any atom is -0.484 e. The van der Waals surface area contributed by atoms with Crippen molar-refractivity contribution in [2.45, 2.75) is 26.2 Å². The Morgan fingerprint density at radius 3 is 2.46 bits per heavy atom. The van der Waals surface area contributed by atoms with E-state index in [0.29, 0.717) is 31.7 Å². The lowest BCUT2D eigenvalue weighted by molar-refractivity contribution is -0.136. The second-order valence-corrected chi connectivity index (χ2v) is 7.63. The van der Waals surface area contributed by atoms with Gasteiger partial charge in [0.05, 0.1) is 0 Å².